The number of hydrogen-bond donors (Lipinski definition) is 4. The summed E-state index contributed by atoms with van der Waals surface area (Å²) in [5.41, 5.74) is 1.55. The lowest BCUT2D eigenvalue weighted by molar-refractivity contribution is 0.247. The fraction of sp³-hybridized carbons (Fsp3) is 0.190. The van der Waals surface area contributed by atoms with Crippen molar-refractivity contribution in [1.82, 2.24) is 15.3 Å². The highest BCUT2D eigenvalue weighted by atomic mass is 35.5. The summed E-state index contributed by atoms with van der Waals surface area (Å²) in [7, 11) is 0. The van der Waals surface area contributed by atoms with Crippen LogP contribution in [-0.4, -0.2) is 27.7 Å². The Labute approximate surface area is 183 Å². The summed E-state index contributed by atoms with van der Waals surface area (Å²) in [5.74, 6) is 0.298. The van der Waals surface area contributed by atoms with E-state index in [0.29, 0.717) is 33.7 Å². The van der Waals surface area contributed by atoms with Crippen molar-refractivity contribution in [3.05, 3.63) is 92.1 Å². The minimum Gasteiger partial charge on any atom is -0.396 e. The zero-order valence-corrected chi connectivity index (χ0v) is 17.4. The molecule has 7 nitrogen and oxygen atoms in total. The molecule has 156 valence electrons. The maximum Gasteiger partial charge on any atom is 0.319 e. The van der Waals surface area contributed by atoms with Gasteiger partial charge in [0.25, 0.3) is 5.56 Å². The second-order valence-electron chi connectivity index (χ2n) is 6.58. The number of rotatable bonds is 7. The van der Waals surface area contributed by atoms with E-state index >= 15 is 0 Å². The maximum atomic E-state index is 12.6. The second-order valence-corrected chi connectivity index (χ2v) is 7.46. The first-order chi connectivity index (χ1) is 14.4. The monoisotopic (exact) mass is 446 g/mol. The normalized spacial score (nSPS) is 11.7. The van der Waals surface area contributed by atoms with Gasteiger partial charge in [-0.25, -0.2) is 9.78 Å². The van der Waals surface area contributed by atoms with Crippen molar-refractivity contribution in [2.24, 2.45) is 0 Å². The molecule has 0 radical (unpaired) electrons. The molecule has 3 aromatic rings. The van der Waals surface area contributed by atoms with Gasteiger partial charge in [0.15, 0.2) is 0 Å². The molecule has 0 saturated heterocycles. The molecule has 0 fully saturated rings. The Bertz CT molecular complexity index is 1050. The van der Waals surface area contributed by atoms with Crippen LogP contribution in [0.5, 0.6) is 0 Å². The number of aliphatic hydroxyl groups excluding tert-OH is 1. The van der Waals surface area contributed by atoms with Crippen molar-refractivity contribution in [3.8, 4) is 0 Å². The zero-order valence-electron chi connectivity index (χ0n) is 15.9. The predicted molar refractivity (Wildman–Crippen MR) is 117 cm³/mol. The lowest BCUT2D eigenvalue weighted by Gasteiger charge is -2.19. The van der Waals surface area contributed by atoms with Gasteiger partial charge in [-0.2, -0.15) is 0 Å². The van der Waals surface area contributed by atoms with E-state index in [9.17, 15) is 14.7 Å². The highest BCUT2D eigenvalue weighted by molar-refractivity contribution is 6.30. The number of hydrogen-bond acceptors (Lipinski definition) is 4. The van der Waals surface area contributed by atoms with E-state index in [1.807, 2.05) is 12.1 Å². The van der Waals surface area contributed by atoms with Crippen LogP contribution in [0.25, 0.3) is 0 Å². The molecule has 1 atom stereocenters. The summed E-state index contributed by atoms with van der Waals surface area (Å²) >= 11 is 11.8. The number of nitrogens with one attached hydrogen (secondary N) is 3. The van der Waals surface area contributed by atoms with E-state index < -0.39 is 12.1 Å². The van der Waals surface area contributed by atoms with Gasteiger partial charge in [-0.15, -0.1) is 0 Å². The third kappa shape index (κ3) is 6.32. The molecule has 0 aliphatic rings. The lowest BCUT2D eigenvalue weighted by atomic mass is 10.1. The summed E-state index contributed by atoms with van der Waals surface area (Å²) in [6, 6.07) is 14.1. The fourth-order valence-electron chi connectivity index (χ4n) is 2.87. The van der Waals surface area contributed by atoms with Crippen molar-refractivity contribution >= 4 is 34.9 Å². The molecule has 9 heteroatoms. The molecule has 4 N–H and O–H groups in total. The van der Waals surface area contributed by atoms with Crippen LogP contribution in [0.2, 0.25) is 10.0 Å². The van der Waals surface area contributed by atoms with Crippen LogP contribution in [-0.2, 0) is 12.8 Å². The standard InChI is InChI=1S/C21H20Cl2N4O3/c22-14-3-1-13(2-4-14)11-18(20-24-17(9-10-28)12-19(29)27-20)26-21(30)25-16-7-5-15(23)6-8-16/h1-8,12,18,28H,9-11H2,(H,24,27,29)(H2,25,26,30). The number of aromatic amines is 1. The van der Waals surface area contributed by atoms with E-state index in [2.05, 4.69) is 20.6 Å². The minimum absolute atomic E-state index is 0.137. The Hall–Kier alpha value is -2.87. The van der Waals surface area contributed by atoms with Crippen LogP contribution < -0.4 is 16.2 Å². The van der Waals surface area contributed by atoms with Gasteiger partial charge in [0.05, 0.1) is 11.7 Å². The maximum absolute atomic E-state index is 12.6. The molecule has 0 aliphatic carbocycles. The third-order valence-electron chi connectivity index (χ3n) is 4.27. The zero-order chi connectivity index (χ0) is 21.5. The molecular formula is C21H20Cl2N4O3. The van der Waals surface area contributed by atoms with Gasteiger partial charge in [0.2, 0.25) is 0 Å². The number of carbonyl (C=O) groups excluding carboxylic acids is 1. The number of benzene rings is 2. The number of aliphatic hydroxyl groups is 1. The number of amides is 2. The molecule has 0 aliphatic heterocycles. The number of nitrogens with zero attached hydrogens (tertiary/aromatic N) is 1. The first-order valence-electron chi connectivity index (χ1n) is 9.21. The van der Waals surface area contributed by atoms with E-state index in [1.165, 1.54) is 6.07 Å². The van der Waals surface area contributed by atoms with Crippen molar-refractivity contribution in [3.63, 3.8) is 0 Å². The van der Waals surface area contributed by atoms with Gasteiger partial charge in [-0.3, -0.25) is 4.79 Å². The highest BCUT2D eigenvalue weighted by Gasteiger charge is 2.19. The van der Waals surface area contributed by atoms with Crippen molar-refractivity contribution in [2.75, 3.05) is 11.9 Å². The Balaban J connectivity index is 1.85. The molecule has 3 rings (SSSR count). The summed E-state index contributed by atoms with van der Waals surface area (Å²) < 4.78 is 0. The topological polar surface area (TPSA) is 107 Å². The first kappa shape index (κ1) is 21.8. The van der Waals surface area contributed by atoms with Crippen LogP contribution in [0.1, 0.15) is 23.1 Å². The second kappa shape index (κ2) is 10.2. The van der Waals surface area contributed by atoms with Crippen molar-refractivity contribution in [1.29, 1.82) is 0 Å². The molecule has 1 unspecified atom stereocenters. The highest BCUT2D eigenvalue weighted by Crippen LogP contribution is 2.18. The summed E-state index contributed by atoms with van der Waals surface area (Å²) in [6.45, 7) is -0.137. The fourth-order valence-corrected chi connectivity index (χ4v) is 3.12. The van der Waals surface area contributed by atoms with Gasteiger partial charge in [0.1, 0.15) is 5.82 Å². The van der Waals surface area contributed by atoms with Gasteiger partial charge < -0.3 is 20.7 Å². The molecule has 1 aromatic heterocycles. The Morgan fingerprint density at radius 2 is 1.70 bits per heavy atom. The van der Waals surface area contributed by atoms with Crippen LogP contribution in [0.3, 0.4) is 0 Å². The van der Waals surface area contributed by atoms with Gasteiger partial charge in [-0.1, -0.05) is 35.3 Å². The Kier molecular flexibility index (Phi) is 7.46. The number of aromatic nitrogens is 2. The SMILES string of the molecule is O=C(Nc1ccc(Cl)cc1)NC(Cc1ccc(Cl)cc1)c1nc(CCO)cc(=O)[nH]1. The summed E-state index contributed by atoms with van der Waals surface area (Å²) in [4.78, 5) is 31.7. The lowest BCUT2D eigenvalue weighted by Crippen LogP contribution is -2.35. The third-order valence-corrected chi connectivity index (χ3v) is 4.78. The predicted octanol–water partition coefficient (Wildman–Crippen LogP) is 3.72. The van der Waals surface area contributed by atoms with Gasteiger partial charge >= 0.3 is 6.03 Å². The minimum atomic E-state index is -0.621. The van der Waals surface area contributed by atoms with E-state index in [0.717, 1.165) is 5.56 Å². The van der Waals surface area contributed by atoms with Gasteiger partial charge in [0, 0.05) is 34.8 Å². The molecule has 0 saturated carbocycles. The Morgan fingerprint density at radius 3 is 2.33 bits per heavy atom. The van der Waals surface area contributed by atoms with Crippen molar-refractivity contribution in [2.45, 2.75) is 18.9 Å². The van der Waals surface area contributed by atoms with Gasteiger partial charge in [-0.05, 0) is 48.4 Å². The molecule has 0 spiro atoms. The largest absolute Gasteiger partial charge is 0.396 e. The number of halogens is 2. The number of carbonyl (C=O) groups is 1. The molecule has 0 bridgehead atoms. The Morgan fingerprint density at radius 1 is 1.07 bits per heavy atom. The van der Waals surface area contributed by atoms with Crippen molar-refractivity contribution < 1.29 is 9.90 Å². The summed E-state index contributed by atoms with van der Waals surface area (Å²) in [5, 5.41) is 15.9. The van der Waals surface area contributed by atoms with Crippen LogP contribution in [0, 0.1) is 0 Å². The average Bonchev–Trinajstić information content (AvgIpc) is 2.71. The molecule has 2 amide bonds. The average molecular weight is 447 g/mol. The van der Waals surface area contributed by atoms with Crippen LogP contribution in [0.4, 0.5) is 10.5 Å². The number of H-pyrrole nitrogens is 1. The quantitative estimate of drug-likeness (QED) is 0.443. The molecule has 1 heterocycles. The molecule has 30 heavy (non-hydrogen) atoms. The smallest absolute Gasteiger partial charge is 0.319 e. The van der Waals surface area contributed by atoms with E-state index in [4.69, 9.17) is 23.2 Å². The molecular weight excluding hydrogens is 427 g/mol. The first-order valence-corrected chi connectivity index (χ1v) is 9.97. The van der Waals surface area contributed by atoms with Crippen LogP contribution in [0.15, 0.2) is 59.4 Å². The number of urea groups is 1. The van der Waals surface area contributed by atoms with E-state index in [1.54, 1.807) is 36.4 Å². The summed E-state index contributed by atoms with van der Waals surface area (Å²) in [6.07, 6.45) is 0.609. The molecule has 2 aromatic carbocycles. The number of anilines is 1. The van der Waals surface area contributed by atoms with Crippen LogP contribution >= 0.6 is 23.2 Å². The van der Waals surface area contributed by atoms with E-state index in [-0.39, 0.29) is 18.6 Å².